The summed E-state index contributed by atoms with van der Waals surface area (Å²) in [5.41, 5.74) is 1.41. The Kier molecular flexibility index (Phi) is 6.47. The van der Waals surface area contributed by atoms with Crippen LogP contribution in [0.25, 0.3) is 0 Å². The fraction of sp³-hybridized carbons (Fsp3) is 0.710. The van der Waals surface area contributed by atoms with Crippen molar-refractivity contribution in [3.63, 3.8) is 0 Å². The zero-order valence-electron chi connectivity index (χ0n) is 22.0. The number of Topliss-reactive ketones (excluding diaryl/α,β-unsaturated/α-hetero) is 2. The molecule has 4 nitrogen and oxygen atoms in total. The molecule has 1 amide bonds. The first kappa shape index (κ1) is 24.7. The Morgan fingerprint density at radius 1 is 0.971 bits per heavy atom. The highest BCUT2D eigenvalue weighted by Crippen LogP contribution is 2.67. The molecule has 0 spiro atoms. The van der Waals surface area contributed by atoms with Gasteiger partial charge in [-0.15, -0.1) is 0 Å². The average Bonchev–Trinajstić information content (AvgIpc) is 3.18. The van der Waals surface area contributed by atoms with E-state index in [1.807, 2.05) is 25.1 Å². The van der Waals surface area contributed by atoms with Crippen LogP contribution in [0.5, 0.6) is 0 Å². The first-order valence-electron chi connectivity index (χ1n) is 14.0. The number of hydrogen-bond acceptors (Lipinski definition) is 3. The molecule has 0 saturated heterocycles. The van der Waals surface area contributed by atoms with E-state index < -0.39 is 0 Å². The third kappa shape index (κ3) is 4.19. The van der Waals surface area contributed by atoms with E-state index in [1.54, 1.807) is 0 Å². The maximum atomic E-state index is 13.6. The molecule has 0 bridgehead atoms. The third-order valence-electron chi connectivity index (χ3n) is 11.2. The van der Waals surface area contributed by atoms with Gasteiger partial charge < -0.3 is 5.32 Å². The van der Waals surface area contributed by atoms with Crippen molar-refractivity contribution in [1.82, 2.24) is 5.32 Å². The fourth-order valence-corrected chi connectivity index (χ4v) is 9.26. The maximum Gasteiger partial charge on any atom is 0.220 e. The number of carbonyl (C=O) groups excluding carboxylic acids is 3. The van der Waals surface area contributed by atoms with Gasteiger partial charge in [-0.1, -0.05) is 51.1 Å². The molecule has 4 aliphatic carbocycles. The fourth-order valence-electron chi connectivity index (χ4n) is 9.26. The predicted molar refractivity (Wildman–Crippen MR) is 137 cm³/mol. The summed E-state index contributed by atoms with van der Waals surface area (Å²) in [6, 6.07) is 10.1. The zero-order valence-corrected chi connectivity index (χ0v) is 22.0. The van der Waals surface area contributed by atoms with Gasteiger partial charge in [0.2, 0.25) is 5.91 Å². The molecule has 35 heavy (non-hydrogen) atoms. The maximum absolute atomic E-state index is 13.6. The summed E-state index contributed by atoms with van der Waals surface area (Å²) in [5, 5.41) is 3.21. The van der Waals surface area contributed by atoms with Crippen LogP contribution in [-0.4, -0.2) is 17.5 Å². The summed E-state index contributed by atoms with van der Waals surface area (Å²) in [5.74, 6) is 2.99. The third-order valence-corrected chi connectivity index (χ3v) is 11.2. The van der Waals surface area contributed by atoms with Gasteiger partial charge in [-0.2, -0.15) is 0 Å². The van der Waals surface area contributed by atoms with Gasteiger partial charge in [0, 0.05) is 31.6 Å². The van der Waals surface area contributed by atoms with E-state index in [0.717, 1.165) is 37.7 Å². The summed E-state index contributed by atoms with van der Waals surface area (Å²) in [6.45, 7) is 9.13. The van der Waals surface area contributed by atoms with Crippen molar-refractivity contribution < 1.29 is 14.4 Å². The van der Waals surface area contributed by atoms with Crippen LogP contribution in [-0.2, 0) is 14.4 Å². The summed E-state index contributed by atoms with van der Waals surface area (Å²) < 4.78 is 0. The van der Waals surface area contributed by atoms with Crippen molar-refractivity contribution in [3.05, 3.63) is 35.9 Å². The van der Waals surface area contributed by atoms with Crippen LogP contribution in [0, 0.1) is 46.3 Å². The van der Waals surface area contributed by atoms with Crippen molar-refractivity contribution in [1.29, 1.82) is 0 Å². The van der Waals surface area contributed by atoms with Crippen LogP contribution in [0.15, 0.2) is 30.3 Å². The number of amides is 1. The number of fused-ring (bicyclic) bond motifs is 5. The lowest BCUT2D eigenvalue weighted by Gasteiger charge is -2.59. The Labute approximate surface area is 211 Å². The molecule has 1 aromatic rings. The molecule has 4 aliphatic rings. The molecule has 4 fully saturated rings. The van der Waals surface area contributed by atoms with Crippen molar-refractivity contribution >= 4 is 17.5 Å². The molecule has 0 aromatic heterocycles. The summed E-state index contributed by atoms with van der Waals surface area (Å²) in [6.07, 6.45) is 7.92. The van der Waals surface area contributed by atoms with Crippen LogP contribution in [0.2, 0.25) is 0 Å². The first-order chi connectivity index (χ1) is 16.6. The van der Waals surface area contributed by atoms with E-state index in [4.69, 9.17) is 0 Å². The molecule has 1 unspecified atom stereocenters. The molecular weight excluding hydrogens is 434 g/mol. The number of hydrogen-bond donors (Lipinski definition) is 1. The normalized spacial score (nSPS) is 40.3. The van der Waals surface area contributed by atoms with Gasteiger partial charge in [0.25, 0.3) is 0 Å². The molecule has 9 atom stereocenters. The van der Waals surface area contributed by atoms with Gasteiger partial charge in [0.1, 0.15) is 11.6 Å². The molecule has 1 aromatic carbocycles. The monoisotopic (exact) mass is 477 g/mol. The molecule has 0 aliphatic heterocycles. The van der Waals surface area contributed by atoms with Crippen LogP contribution in [0.1, 0.15) is 97.1 Å². The summed E-state index contributed by atoms with van der Waals surface area (Å²) >= 11 is 0. The Balaban J connectivity index is 1.27. The SMILES string of the molecule is C[C@H](CC(=O)N[C@H](C)c1ccccc1)C1CC[C@H]2[C@@H]3C(=O)C[C@@H]4CC(=O)CC[C@]4(C)[C@H]3CC[C@]12C. The second-order valence-corrected chi connectivity index (χ2v) is 13.0. The Bertz CT molecular complexity index is 988. The largest absolute Gasteiger partial charge is 0.350 e. The van der Waals surface area contributed by atoms with E-state index in [1.165, 1.54) is 0 Å². The van der Waals surface area contributed by atoms with Crippen molar-refractivity contribution in [3.8, 4) is 0 Å². The highest BCUT2D eigenvalue weighted by atomic mass is 16.1. The minimum atomic E-state index is 0.00850. The van der Waals surface area contributed by atoms with Gasteiger partial charge in [0.15, 0.2) is 0 Å². The average molecular weight is 478 g/mol. The minimum absolute atomic E-state index is 0.00850. The molecule has 4 heteroatoms. The highest BCUT2D eigenvalue weighted by Gasteiger charge is 2.63. The second-order valence-electron chi connectivity index (χ2n) is 13.0. The Morgan fingerprint density at radius 3 is 2.43 bits per heavy atom. The molecular formula is C31H43NO3. The van der Waals surface area contributed by atoms with E-state index in [0.29, 0.717) is 60.9 Å². The molecule has 4 saturated carbocycles. The zero-order chi connectivity index (χ0) is 25.0. The lowest BCUT2D eigenvalue weighted by Crippen LogP contribution is -2.57. The van der Waals surface area contributed by atoms with Gasteiger partial charge in [0.05, 0.1) is 6.04 Å². The minimum Gasteiger partial charge on any atom is -0.350 e. The van der Waals surface area contributed by atoms with Gasteiger partial charge in [-0.05, 0) is 85.0 Å². The lowest BCUT2D eigenvalue weighted by atomic mass is 9.44. The smallest absolute Gasteiger partial charge is 0.220 e. The van der Waals surface area contributed by atoms with E-state index in [9.17, 15) is 14.4 Å². The topological polar surface area (TPSA) is 63.2 Å². The second kappa shape index (κ2) is 9.16. The molecule has 190 valence electrons. The van der Waals surface area contributed by atoms with Crippen LogP contribution >= 0.6 is 0 Å². The van der Waals surface area contributed by atoms with Crippen molar-refractivity contribution in [2.24, 2.45) is 46.3 Å². The van der Waals surface area contributed by atoms with E-state index in [-0.39, 0.29) is 34.6 Å². The van der Waals surface area contributed by atoms with Crippen LogP contribution in [0.3, 0.4) is 0 Å². The molecule has 5 rings (SSSR count). The Morgan fingerprint density at radius 2 is 1.69 bits per heavy atom. The van der Waals surface area contributed by atoms with Crippen molar-refractivity contribution in [2.75, 3.05) is 0 Å². The number of nitrogens with one attached hydrogen (secondary N) is 1. The molecule has 1 N–H and O–H groups in total. The number of rotatable bonds is 5. The summed E-state index contributed by atoms with van der Waals surface area (Å²) in [7, 11) is 0. The number of carbonyl (C=O) groups is 3. The quantitative estimate of drug-likeness (QED) is 0.541. The molecule has 0 radical (unpaired) electrons. The first-order valence-corrected chi connectivity index (χ1v) is 14.0. The Hall–Kier alpha value is -1.97. The lowest BCUT2D eigenvalue weighted by molar-refractivity contribution is -0.159. The van der Waals surface area contributed by atoms with E-state index in [2.05, 4.69) is 38.2 Å². The summed E-state index contributed by atoms with van der Waals surface area (Å²) in [4.78, 5) is 38.7. The van der Waals surface area contributed by atoms with Gasteiger partial charge >= 0.3 is 0 Å². The van der Waals surface area contributed by atoms with Crippen LogP contribution in [0.4, 0.5) is 0 Å². The number of ketones is 2. The standard InChI is InChI=1S/C31H43NO3/c1-19(16-28(35)32-20(2)21-8-6-5-7-9-21)24-10-11-25-29-26(13-15-31(24,25)4)30(3)14-12-23(33)17-22(30)18-27(29)34/h5-9,19-20,22,24-26,29H,10-18H2,1-4H3,(H,32,35)/t19-,20-,22+,24?,25+,26+,29+,30+,31-/m1/s1. The van der Waals surface area contributed by atoms with Crippen LogP contribution < -0.4 is 5.32 Å². The molecule has 0 heterocycles. The van der Waals surface area contributed by atoms with Crippen molar-refractivity contribution in [2.45, 2.75) is 91.5 Å². The predicted octanol–water partition coefficient (Wildman–Crippen LogP) is 6.30. The van der Waals surface area contributed by atoms with Gasteiger partial charge in [-0.25, -0.2) is 0 Å². The van der Waals surface area contributed by atoms with E-state index >= 15 is 0 Å². The van der Waals surface area contributed by atoms with Gasteiger partial charge in [-0.3, -0.25) is 14.4 Å². The highest BCUT2D eigenvalue weighted by molar-refractivity contribution is 5.86. The number of benzene rings is 1.